The van der Waals surface area contributed by atoms with E-state index in [9.17, 15) is 0 Å². The van der Waals surface area contributed by atoms with Crippen LogP contribution in [0.1, 0.15) is 33.1 Å². The second kappa shape index (κ2) is 5.94. The molecule has 0 amide bonds. The normalized spacial score (nSPS) is 29.8. The quantitative estimate of drug-likeness (QED) is 0.712. The Morgan fingerprint density at radius 1 is 1.06 bits per heavy atom. The molecule has 0 aromatic carbocycles. The van der Waals surface area contributed by atoms with Crippen LogP contribution in [0.4, 0.5) is 0 Å². The minimum atomic E-state index is 0.708. The first-order valence-electron chi connectivity index (χ1n) is 7.28. The minimum absolute atomic E-state index is 0.708. The number of thioether (sulfide) groups is 1. The second-order valence-corrected chi connectivity index (χ2v) is 6.96. The van der Waals surface area contributed by atoms with Gasteiger partial charge >= 0.3 is 0 Å². The van der Waals surface area contributed by atoms with Crippen molar-refractivity contribution < 1.29 is 0 Å². The smallest absolute Gasteiger partial charge is 0.0111 e. The molecular weight excluding hydrogens is 228 g/mol. The highest BCUT2D eigenvalue weighted by molar-refractivity contribution is 7.99. The summed E-state index contributed by atoms with van der Waals surface area (Å²) in [7, 11) is 2.26. The maximum atomic E-state index is 2.80. The van der Waals surface area contributed by atoms with Gasteiger partial charge in [-0.25, -0.2) is 0 Å². The van der Waals surface area contributed by atoms with Crippen LogP contribution in [0.15, 0.2) is 0 Å². The predicted molar refractivity (Wildman–Crippen MR) is 77.8 cm³/mol. The Balaban J connectivity index is 0.000000514. The molecule has 3 saturated heterocycles. The standard InChI is InChI=1S/C12H22N2S.C2H6/c1-13-8-12(9-13)4-5-14(10-12)11-2-6-15-7-3-11;1-2/h11H,2-10H2,1H3;1-2H3. The zero-order valence-electron chi connectivity index (χ0n) is 11.7. The van der Waals surface area contributed by atoms with Crippen LogP contribution in [0.3, 0.4) is 0 Å². The van der Waals surface area contributed by atoms with Crippen molar-refractivity contribution in [2.45, 2.75) is 39.2 Å². The van der Waals surface area contributed by atoms with Crippen molar-refractivity contribution in [2.75, 3.05) is 44.7 Å². The third-order valence-corrected chi connectivity index (χ3v) is 5.43. The van der Waals surface area contributed by atoms with E-state index in [1.54, 1.807) is 0 Å². The van der Waals surface area contributed by atoms with E-state index in [-0.39, 0.29) is 0 Å². The summed E-state index contributed by atoms with van der Waals surface area (Å²) in [5.41, 5.74) is 0.708. The van der Waals surface area contributed by atoms with E-state index in [4.69, 9.17) is 0 Å². The van der Waals surface area contributed by atoms with E-state index in [0.717, 1.165) is 6.04 Å². The Labute approximate surface area is 111 Å². The molecule has 0 aliphatic carbocycles. The van der Waals surface area contributed by atoms with Gasteiger partial charge in [-0.1, -0.05) is 13.8 Å². The molecule has 0 bridgehead atoms. The number of nitrogens with zero attached hydrogens (tertiary/aromatic N) is 2. The van der Waals surface area contributed by atoms with Gasteiger partial charge in [-0.05, 0) is 44.4 Å². The Hall–Kier alpha value is 0.270. The number of rotatable bonds is 1. The fraction of sp³-hybridized carbons (Fsp3) is 1.00. The first-order valence-corrected chi connectivity index (χ1v) is 8.43. The monoisotopic (exact) mass is 256 g/mol. The Morgan fingerprint density at radius 3 is 2.29 bits per heavy atom. The summed E-state index contributed by atoms with van der Waals surface area (Å²) >= 11 is 2.14. The zero-order valence-corrected chi connectivity index (χ0v) is 12.6. The molecule has 2 nitrogen and oxygen atoms in total. The van der Waals surface area contributed by atoms with Crippen LogP contribution >= 0.6 is 11.8 Å². The van der Waals surface area contributed by atoms with Crippen molar-refractivity contribution >= 4 is 11.8 Å². The van der Waals surface area contributed by atoms with Gasteiger partial charge in [-0.15, -0.1) is 0 Å². The molecular formula is C14H28N2S. The van der Waals surface area contributed by atoms with Gasteiger partial charge in [0.05, 0.1) is 0 Å². The van der Waals surface area contributed by atoms with Crippen LogP contribution < -0.4 is 0 Å². The van der Waals surface area contributed by atoms with Crippen molar-refractivity contribution in [3.05, 3.63) is 0 Å². The summed E-state index contributed by atoms with van der Waals surface area (Å²) in [6.45, 7) is 9.48. The molecule has 0 aromatic rings. The van der Waals surface area contributed by atoms with Gasteiger partial charge in [0, 0.05) is 31.1 Å². The van der Waals surface area contributed by atoms with Crippen LogP contribution in [-0.4, -0.2) is 60.6 Å². The first kappa shape index (κ1) is 13.7. The summed E-state index contributed by atoms with van der Waals surface area (Å²) in [5.74, 6) is 2.79. The van der Waals surface area contributed by atoms with Crippen LogP contribution in [-0.2, 0) is 0 Å². The third-order valence-electron chi connectivity index (χ3n) is 4.39. The third kappa shape index (κ3) is 2.99. The predicted octanol–water partition coefficient (Wildman–Crippen LogP) is 2.55. The highest BCUT2D eigenvalue weighted by atomic mass is 32.2. The van der Waals surface area contributed by atoms with E-state index in [1.165, 1.54) is 56.9 Å². The maximum Gasteiger partial charge on any atom is 0.0111 e. The van der Waals surface area contributed by atoms with E-state index in [1.807, 2.05) is 13.8 Å². The van der Waals surface area contributed by atoms with Crippen LogP contribution in [0.25, 0.3) is 0 Å². The largest absolute Gasteiger partial charge is 0.305 e. The number of likely N-dealkylation sites (tertiary alicyclic amines) is 2. The van der Waals surface area contributed by atoms with E-state index in [2.05, 4.69) is 28.6 Å². The Morgan fingerprint density at radius 2 is 1.71 bits per heavy atom. The summed E-state index contributed by atoms with van der Waals surface area (Å²) < 4.78 is 0. The van der Waals surface area contributed by atoms with Gasteiger partial charge in [0.2, 0.25) is 0 Å². The topological polar surface area (TPSA) is 6.48 Å². The molecule has 3 aliphatic rings. The highest BCUT2D eigenvalue weighted by Gasteiger charge is 2.47. The molecule has 100 valence electrons. The fourth-order valence-electron chi connectivity index (χ4n) is 3.69. The molecule has 0 saturated carbocycles. The van der Waals surface area contributed by atoms with Gasteiger partial charge in [0.1, 0.15) is 0 Å². The lowest BCUT2D eigenvalue weighted by Gasteiger charge is -2.46. The SMILES string of the molecule is CC.CN1CC2(CCN(C3CCSCC3)C2)C1. The minimum Gasteiger partial charge on any atom is -0.305 e. The molecule has 17 heavy (non-hydrogen) atoms. The van der Waals surface area contributed by atoms with Crippen molar-refractivity contribution in [3.63, 3.8) is 0 Å². The van der Waals surface area contributed by atoms with Gasteiger partial charge in [0.15, 0.2) is 0 Å². The molecule has 3 heteroatoms. The van der Waals surface area contributed by atoms with Gasteiger partial charge in [-0.3, -0.25) is 4.90 Å². The molecule has 0 aromatic heterocycles. The molecule has 0 radical (unpaired) electrons. The maximum absolute atomic E-state index is 2.80. The summed E-state index contributed by atoms with van der Waals surface area (Å²) in [6.07, 6.45) is 4.34. The molecule has 0 unspecified atom stereocenters. The lowest BCUT2D eigenvalue weighted by Crippen LogP contribution is -2.56. The van der Waals surface area contributed by atoms with E-state index in [0.29, 0.717) is 5.41 Å². The average Bonchev–Trinajstić information content (AvgIpc) is 2.78. The van der Waals surface area contributed by atoms with Crippen molar-refractivity contribution in [2.24, 2.45) is 5.41 Å². The summed E-state index contributed by atoms with van der Waals surface area (Å²) in [6, 6.07) is 0.927. The highest BCUT2D eigenvalue weighted by Crippen LogP contribution is 2.40. The fourth-order valence-corrected chi connectivity index (χ4v) is 4.77. The van der Waals surface area contributed by atoms with Gasteiger partial charge in [-0.2, -0.15) is 11.8 Å². The van der Waals surface area contributed by atoms with Gasteiger partial charge < -0.3 is 4.90 Å². The Bertz CT molecular complexity index is 232. The number of hydrogen-bond acceptors (Lipinski definition) is 3. The van der Waals surface area contributed by atoms with E-state index >= 15 is 0 Å². The molecule has 0 N–H and O–H groups in total. The number of hydrogen-bond donors (Lipinski definition) is 0. The zero-order chi connectivity index (χ0) is 12.3. The van der Waals surface area contributed by atoms with Crippen molar-refractivity contribution in [3.8, 4) is 0 Å². The lowest BCUT2D eigenvalue weighted by atomic mass is 9.79. The average molecular weight is 256 g/mol. The van der Waals surface area contributed by atoms with Crippen molar-refractivity contribution in [1.29, 1.82) is 0 Å². The summed E-state index contributed by atoms with van der Waals surface area (Å²) in [4.78, 5) is 5.27. The molecule has 0 atom stereocenters. The molecule has 3 aliphatic heterocycles. The van der Waals surface area contributed by atoms with E-state index < -0.39 is 0 Å². The van der Waals surface area contributed by atoms with Crippen LogP contribution in [0.2, 0.25) is 0 Å². The molecule has 3 fully saturated rings. The van der Waals surface area contributed by atoms with Crippen molar-refractivity contribution in [1.82, 2.24) is 9.80 Å². The van der Waals surface area contributed by atoms with Gasteiger partial charge in [0.25, 0.3) is 0 Å². The van der Waals surface area contributed by atoms with Crippen LogP contribution in [0.5, 0.6) is 0 Å². The summed E-state index contributed by atoms with van der Waals surface area (Å²) in [5, 5.41) is 0. The first-order chi connectivity index (χ1) is 8.27. The Kier molecular flexibility index (Phi) is 4.79. The molecule has 3 heterocycles. The molecule has 1 spiro atoms. The van der Waals surface area contributed by atoms with Crippen LogP contribution in [0, 0.1) is 5.41 Å². The lowest BCUT2D eigenvalue weighted by molar-refractivity contribution is 0.0259. The second-order valence-electron chi connectivity index (χ2n) is 5.74. The molecule has 3 rings (SSSR count).